The number of rotatable bonds is 3. The fraction of sp³-hybridized carbons (Fsp3) is 0.800. The summed E-state index contributed by atoms with van der Waals surface area (Å²) in [6.45, 7) is 3.54. The molecule has 0 bridgehead atoms. The van der Waals surface area contributed by atoms with Crippen LogP contribution in [-0.4, -0.2) is 50.4 Å². The average Bonchev–Trinajstić information content (AvgIpc) is 2.73. The molecule has 2 saturated heterocycles. The number of carboxylic acid groups (broad SMARTS) is 1. The van der Waals surface area contributed by atoms with Crippen molar-refractivity contribution in [2.45, 2.75) is 73.7 Å². The van der Waals surface area contributed by atoms with E-state index in [9.17, 15) is 19.5 Å². The van der Waals surface area contributed by atoms with Crippen molar-refractivity contribution < 1.29 is 49.0 Å². The Morgan fingerprint density at radius 1 is 1.29 bits per heavy atom. The Hall–Kier alpha value is -0.280. The third kappa shape index (κ3) is 3.11. The molecule has 0 aromatic carbocycles. The zero-order valence-corrected chi connectivity index (χ0v) is 17.1. The second-order valence-electron chi connectivity index (χ2n) is 7.25. The van der Waals surface area contributed by atoms with Crippen LogP contribution in [0.25, 0.3) is 0 Å². The van der Waals surface area contributed by atoms with Crippen LogP contribution in [-0.2, 0) is 14.4 Å². The molecule has 0 aromatic rings. The first-order valence-electron chi connectivity index (χ1n) is 7.98. The number of β-lactam (4-membered cyclic amide) rings is 1. The third-order valence-electron chi connectivity index (χ3n) is 5.15. The second-order valence-corrected chi connectivity index (χ2v) is 9.02. The predicted molar refractivity (Wildman–Crippen MR) is 83.0 cm³/mol. The number of hydrogen-bond donors (Lipinski definition) is 2. The van der Waals surface area contributed by atoms with Crippen LogP contribution in [0.5, 0.6) is 0 Å². The number of fused-ring (bicyclic) bond motifs is 1. The first-order chi connectivity index (χ1) is 10.7. The van der Waals surface area contributed by atoms with Gasteiger partial charge in [-0.25, -0.2) is 0 Å². The number of carbonyl (C=O) groups is 3. The van der Waals surface area contributed by atoms with Crippen LogP contribution in [0, 0.1) is 0 Å². The molecule has 7 nitrogen and oxygen atoms in total. The molecule has 1 saturated carbocycles. The monoisotopic (exact) mass is 363 g/mol. The molecule has 3 N–H and O–H groups in total. The molecule has 3 fully saturated rings. The van der Waals surface area contributed by atoms with Gasteiger partial charge in [0.2, 0.25) is 11.8 Å². The predicted octanol–water partition coefficient (Wildman–Crippen LogP) is -4.05. The maximum atomic E-state index is 12.5. The van der Waals surface area contributed by atoms with E-state index in [1.807, 2.05) is 0 Å². The number of nitrogens with one attached hydrogen (secondary N) is 1. The molecule has 2 amide bonds. The maximum Gasteiger partial charge on any atom is 1.00 e. The van der Waals surface area contributed by atoms with Crippen molar-refractivity contribution in [1.29, 1.82) is 0 Å². The van der Waals surface area contributed by atoms with Crippen molar-refractivity contribution in [1.82, 2.24) is 10.2 Å². The van der Waals surface area contributed by atoms with Gasteiger partial charge >= 0.3 is 29.6 Å². The van der Waals surface area contributed by atoms with Crippen molar-refractivity contribution in [3.63, 3.8) is 0 Å². The van der Waals surface area contributed by atoms with Crippen molar-refractivity contribution in [3.8, 4) is 0 Å². The van der Waals surface area contributed by atoms with Crippen LogP contribution >= 0.6 is 11.8 Å². The van der Waals surface area contributed by atoms with Crippen LogP contribution in [0.1, 0.15) is 46.0 Å². The van der Waals surface area contributed by atoms with Crippen LogP contribution in [0.15, 0.2) is 0 Å². The van der Waals surface area contributed by atoms with Gasteiger partial charge in [-0.15, -0.1) is 11.8 Å². The van der Waals surface area contributed by atoms with E-state index in [-0.39, 0.29) is 46.7 Å². The normalized spacial score (nSPS) is 33.0. The SMILES string of the molecule is CC1(C)S[C@@H]2[C@H](NC(=O)C3(N)CCCCC3)C(=O)N2[C@H]1C(=O)[O-].[Na+]. The van der Waals surface area contributed by atoms with Gasteiger partial charge in [0, 0.05) is 4.75 Å². The van der Waals surface area contributed by atoms with Gasteiger partial charge in [-0.05, 0) is 26.7 Å². The van der Waals surface area contributed by atoms with E-state index in [1.165, 1.54) is 16.7 Å². The summed E-state index contributed by atoms with van der Waals surface area (Å²) in [6.07, 6.45) is 4.13. The van der Waals surface area contributed by atoms with Crippen LogP contribution in [0.3, 0.4) is 0 Å². The van der Waals surface area contributed by atoms with E-state index in [1.54, 1.807) is 13.8 Å². The van der Waals surface area contributed by atoms with E-state index in [0.717, 1.165) is 19.3 Å². The van der Waals surface area contributed by atoms with Crippen molar-refractivity contribution in [2.24, 2.45) is 5.73 Å². The fourth-order valence-electron chi connectivity index (χ4n) is 3.82. The van der Waals surface area contributed by atoms with Gasteiger partial charge in [-0.1, -0.05) is 19.3 Å². The van der Waals surface area contributed by atoms with E-state index >= 15 is 0 Å². The Labute approximate surface area is 167 Å². The number of thioether (sulfide) groups is 1. The number of carbonyl (C=O) groups excluding carboxylic acids is 3. The van der Waals surface area contributed by atoms with E-state index < -0.39 is 28.3 Å². The number of aliphatic carboxylic acids is 1. The zero-order valence-electron chi connectivity index (χ0n) is 14.3. The molecule has 1 aliphatic carbocycles. The molecule has 0 unspecified atom stereocenters. The molecule has 2 aliphatic heterocycles. The quantitative estimate of drug-likeness (QED) is 0.390. The summed E-state index contributed by atoms with van der Waals surface area (Å²) in [5.74, 6) is -1.92. The maximum absolute atomic E-state index is 12.5. The smallest absolute Gasteiger partial charge is 0.548 e. The van der Waals surface area contributed by atoms with Gasteiger partial charge in [-0.3, -0.25) is 9.59 Å². The number of nitrogens with two attached hydrogens (primary N) is 1. The number of carboxylic acids is 1. The zero-order chi connectivity index (χ0) is 17.0. The van der Waals surface area contributed by atoms with E-state index in [2.05, 4.69) is 5.32 Å². The number of hydrogen-bond acceptors (Lipinski definition) is 6. The minimum Gasteiger partial charge on any atom is -0.548 e. The summed E-state index contributed by atoms with van der Waals surface area (Å²) in [6, 6.07) is -1.67. The third-order valence-corrected chi connectivity index (χ3v) is 6.72. The van der Waals surface area contributed by atoms with E-state index in [4.69, 9.17) is 5.73 Å². The molecular weight excluding hydrogens is 341 g/mol. The van der Waals surface area contributed by atoms with Gasteiger partial charge in [0.15, 0.2) is 0 Å². The number of amides is 2. The van der Waals surface area contributed by atoms with Crippen LogP contribution in [0.4, 0.5) is 0 Å². The Morgan fingerprint density at radius 3 is 2.42 bits per heavy atom. The van der Waals surface area contributed by atoms with Gasteiger partial charge < -0.3 is 25.9 Å². The first kappa shape index (κ1) is 20.0. The summed E-state index contributed by atoms with van der Waals surface area (Å²) < 4.78 is -0.649. The van der Waals surface area contributed by atoms with Crippen molar-refractivity contribution in [2.75, 3.05) is 0 Å². The van der Waals surface area contributed by atoms with Crippen LogP contribution < -0.4 is 45.7 Å². The summed E-state index contributed by atoms with van der Waals surface area (Å²) in [7, 11) is 0. The van der Waals surface area contributed by atoms with Crippen LogP contribution in [0.2, 0.25) is 0 Å². The molecule has 24 heavy (non-hydrogen) atoms. The van der Waals surface area contributed by atoms with Gasteiger partial charge in [0.25, 0.3) is 0 Å². The molecule has 3 atom stereocenters. The molecule has 2 heterocycles. The molecule has 3 aliphatic rings. The summed E-state index contributed by atoms with van der Waals surface area (Å²) >= 11 is 1.38. The summed E-state index contributed by atoms with van der Waals surface area (Å²) in [5, 5.41) is 13.7. The Kier molecular flexibility index (Phi) is 5.67. The van der Waals surface area contributed by atoms with Crippen molar-refractivity contribution >= 4 is 29.5 Å². The minimum absolute atomic E-state index is 0. The Morgan fingerprint density at radius 2 is 1.88 bits per heavy atom. The first-order valence-corrected chi connectivity index (χ1v) is 8.86. The second kappa shape index (κ2) is 6.79. The van der Waals surface area contributed by atoms with Gasteiger partial charge in [0.05, 0.1) is 17.6 Å². The standard InChI is InChI=1S/C15H23N3O4S.Na/c1-14(2)9(12(20)21)18-10(19)8(11(18)23-14)17-13(22)15(16)6-4-3-5-7-15;/h8-9,11H,3-7,16H2,1-2H3,(H,17,22)(H,20,21);/q;+1/p-1/t8-,9+,11-;/m1./s1. The summed E-state index contributed by atoms with van der Waals surface area (Å²) in [5.41, 5.74) is 5.28. The molecule has 0 aromatic heterocycles. The molecule has 0 spiro atoms. The molecule has 0 radical (unpaired) electrons. The molecule has 128 valence electrons. The molecule has 9 heteroatoms. The van der Waals surface area contributed by atoms with Gasteiger partial charge in [-0.2, -0.15) is 0 Å². The summed E-state index contributed by atoms with van der Waals surface area (Å²) in [4.78, 5) is 37.5. The largest absolute Gasteiger partial charge is 1.00 e. The minimum atomic E-state index is -1.26. The number of nitrogens with zero attached hydrogens (tertiary/aromatic N) is 1. The Balaban J connectivity index is 0.00000208. The Bertz CT molecular complexity index is 565. The topological polar surface area (TPSA) is 116 Å². The molecular formula is C15H22N3NaO4S. The van der Waals surface area contributed by atoms with Crippen molar-refractivity contribution in [3.05, 3.63) is 0 Å². The fourth-order valence-corrected chi connectivity index (χ4v) is 5.44. The molecule has 3 rings (SSSR count). The van der Waals surface area contributed by atoms with Gasteiger partial charge in [0.1, 0.15) is 11.4 Å². The van der Waals surface area contributed by atoms with E-state index in [0.29, 0.717) is 12.8 Å². The average molecular weight is 363 g/mol.